The summed E-state index contributed by atoms with van der Waals surface area (Å²) in [4.78, 5) is 14.4. The standard InChI is InChI=1S/C16H22Cl2N2O2/c1-11(22-15-7-13(17)6-14(18)8-15)16(21)20-5-3-4-12(10-20)9-19-2/h6-8,11-12,19H,3-5,9-10H2,1-2H3. The van der Waals surface area contributed by atoms with Crippen molar-refractivity contribution in [2.45, 2.75) is 25.9 Å². The molecule has 1 aliphatic rings. The highest BCUT2D eigenvalue weighted by Gasteiger charge is 2.27. The minimum absolute atomic E-state index is 0.0110. The van der Waals surface area contributed by atoms with E-state index in [0.29, 0.717) is 21.7 Å². The van der Waals surface area contributed by atoms with Crippen LogP contribution in [0.3, 0.4) is 0 Å². The summed E-state index contributed by atoms with van der Waals surface area (Å²) in [6, 6.07) is 4.96. The first-order chi connectivity index (χ1) is 10.5. The molecule has 2 rings (SSSR count). The number of amides is 1. The number of piperidine rings is 1. The summed E-state index contributed by atoms with van der Waals surface area (Å²) in [5, 5.41) is 4.17. The van der Waals surface area contributed by atoms with E-state index in [4.69, 9.17) is 27.9 Å². The number of benzene rings is 1. The number of nitrogens with zero attached hydrogens (tertiary/aromatic N) is 1. The van der Waals surface area contributed by atoms with Gasteiger partial charge in [-0.15, -0.1) is 0 Å². The average molecular weight is 345 g/mol. The molecule has 6 heteroatoms. The van der Waals surface area contributed by atoms with Gasteiger partial charge in [0.25, 0.3) is 5.91 Å². The van der Waals surface area contributed by atoms with Crippen LogP contribution in [-0.4, -0.2) is 43.6 Å². The van der Waals surface area contributed by atoms with Crippen LogP contribution in [0.2, 0.25) is 10.0 Å². The fourth-order valence-electron chi connectivity index (χ4n) is 2.83. The second-order valence-electron chi connectivity index (χ2n) is 5.72. The molecule has 2 unspecified atom stereocenters. The van der Waals surface area contributed by atoms with Crippen molar-refractivity contribution >= 4 is 29.1 Å². The van der Waals surface area contributed by atoms with Crippen molar-refractivity contribution in [2.75, 3.05) is 26.7 Å². The topological polar surface area (TPSA) is 41.6 Å². The molecule has 0 radical (unpaired) electrons. The Labute approximate surface area is 141 Å². The second-order valence-corrected chi connectivity index (χ2v) is 6.59. The lowest BCUT2D eigenvalue weighted by Gasteiger charge is -2.34. The highest BCUT2D eigenvalue weighted by atomic mass is 35.5. The van der Waals surface area contributed by atoms with Gasteiger partial charge in [0.15, 0.2) is 6.10 Å². The van der Waals surface area contributed by atoms with Crippen LogP contribution in [0.15, 0.2) is 18.2 Å². The van der Waals surface area contributed by atoms with Gasteiger partial charge in [-0.05, 0) is 57.5 Å². The first kappa shape index (κ1) is 17.4. The van der Waals surface area contributed by atoms with Gasteiger partial charge in [0, 0.05) is 23.1 Å². The summed E-state index contributed by atoms with van der Waals surface area (Å²) in [7, 11) is 1.94. The molecular formula is C16H22Cl2N2O2. The maximum atomic E-state index is 12.5. The van der Waals surface area contributed by atoms with Crippen LogP contribution in [0.1, 0.15) is 19.8 Å². The lowest BCUT2D eigenvalue weighted by atomic mass is 9.97. The van der Waals surface area contributed by atoms with E-state index in [0.717, 1.165) is 32.5 Å². The molecule has 0 aliphatic carbocycles. The van der Waals surface area contributed by atoms with Gasteiger partial charge in [-0.1, -0.05) is 23.2 Å². The number of ether oxygens (including phenoxy) is 1. The molecule has 1 aromatic rings. The van der Waals surface area contributed by atoms with E-state index in [2.05, 4.69) is 5.32 Å². The van der Waals surface area contributed by atoms with Gasteiger partial charge in [0.1, 0.15) is 5.75 Å². The Morgan fingerprint density at radius 3 is 2.73 bits per heavy atom. The van der Waals surface area contributed by atoms with Crippen molar-refractivity contribution in [1.29, 1.82) is 0 Å². The quantitative estimate of drug-likeness (QED) is 0.891. The van der Waals surface area contributed by atoms with Crippen LogP contribution in [0.4, 0.5) is 0 Å². The predicted octanol–water partition coefficient (Wildman–Crippen LogP) is 3.22. The third-order valence-corrected chi connectivity index (χ3v) is 4.26. The maximum Gasteiger partial charge on any atom is 0.263 e. The molecule has 4 nitrogen and oxygen atoms in total. The van der Waals surface area contributed by atoms with Crippen molar-refractivity contribution < 1.29 is 9.53 Å². The minimum atomic E-state index is -0.553. The molecule has 1 aliphatic heterocycles. The number of likely N-dealkylation sites (tertiary alicyclic amines) is 1. The lowest BCUT2D eigenvalue weighted by molar-refractivity contribution is -0.139. The Bertz CT molecular complexity index is 503. The van der Waals surface area contributed by atoms with Crippen molar-refractivity contribution in [1.82, 2.24) is 10.2 Å². The molecule has 22 heavy (non-hydrogen) atoms. The molecule has 2 atom stereocenters. The fraction of sp³-hybridized carbons (Fsp3) is 0.562. The van der Waals surface area contributed by atoms with E-state index >= 15 is 0 Å². The first-order valence-electron chi connectivity index (χ1n) is 7.55. The van der Waals surface area contributed by atoms with Gasteiger partial charge in [0.05, 0.1) is 0 Å². The number of hydrogen-bond donors (Lipinski definition) is 1. The van der Waals surface area contributed by atoms with Crippen LogP contribution >= 0.6 is 23.2 Å². The first-order valence-corrected chi connectivity index (χ1v) is 8.31. The molecule has 1 aromatic carbocycles. The van der Waals surface area contributed by atoms with Crippen LogP contribution in [0.25, 0.3) is 0 Å². The van der Waals surface area contributed by atoms with Gasteiger partial charge >= 0.3 is 0 Å². The van der Waals surface area contributed by atoms with Crippen LogP contribution in [-0.2, 0) is 4.79 Å². The third kappa shape index (κ3) is 4.77. The number of halogens is 2. The summed E-state index contributed by atoms with van der Waals surface area (Å²) in [5.41, 5.74) is 0. The van der Waals surface area contributed by atoms with Crippen LogP contribution < -0.4 is 10.1 Å². The number of carbonyl (C=O) groups excluding carboxylic acids is 1. The van der Waals surface area contributed by atoms with Gasteiger partial charge in [-0.3, -0.25) is 4.79 Å². The molecular weight excluding hydrogens is 323 g/mol. The third-order valence-electron chi connectivity index (χ3n) is 3.82. The lowest BCUT2D eigenvalue weighted by Crippen LogP contribution is -2.47. The van der Waals surface area contributed by atoms with Gasteiger partial charge < -0.3 is 15.0 Å². The highest BCUT2D eigenvalue weighted by molar-refractivity contribution is 6.34. The molecule has 1 heterocycles. The molecule has 0 aromatic heterocycles. The smallest absolute Gasteiger partial charge is 0.263 e. The number of nitrogens with one attached hydrogen (secondary N) is 1. The summed E-state index contributed by atoms with van der Waals surface area (Å²) < 4.78 is 5.71. The number of hydrogen-bond acceptors (Lipinski definition) is 3. The Balaban J connectivity index is 1.96. The van der Waals surface area contributed by atoms with Crippen molar-refractivity contribution in [2.24, 2.45) is 5.92 Å². The molecule has 1 fully saturated rings. The van der Waals surface area contributed by atoms with E-state index in [1.54, 1.807) is 25.1 Å². The number of carbonyl (C=O) groups is 1. The van der Waals surface area contributed by atoms with E-state index in [1.807, 2.05) is 11.9 Å². The largest absolute Gasteiger partial charge is 0.481 e. The summed E-state index contributed by atoms with van der Waals surface area (Å²) in [6.07, 6.45) is 1.64. The molecule has 1 saturated heterocycles. The summed E-state index contributed by atoms with van der Waals surface area (Å²) >= 11 is 11.9. The van der Waals surface area contributed by atoms with E-state index in [9.17, 15) is 4.79 Å². The Morgan fingerprint density at radius 2 is 2.09 bits per heavy atom. The molecule has 122 valence electrons. The van der Waals surface area contributed by atoms with Crippen LogP contribution in [0.5, 0.6) is 5.75 Å². The monoisotopic (exact) mass is 344 g/mol. The van der Waals surface area contributed by atoms with E-state index < -0.39 is 6.10 Å². The van der Waals surface area contributed by atoms with Gasteiger partial charge in [-0.25, -0.2) is 0 Å². The maximum absolute atomic E-state index is 12.5. The zero-order valence-electron chi connectivity index (χ0n) is 12.9. The molecule has 0 saturated carbocycles. The number of rotatable bonds is 5. The Morgan fingerprint density at radius 1 is 1.41 bits per heavy atom. The Kier molecular flexibility index (Phi) is 6.36. The second kappa shape index (κ2) is 8.04. The normalized spacial score (nSPS) is 19.8. The molecule has 0 spiro atoms. The van der Waals surface area contributed by atoms with Crippen molar-refractivity contribution in [3.63, 3.8) is 0 Å². The van der Waals surface area contributed by atoms with Crippen molar-refractivity contribution in [3.8, 4) is 5.75 Å². The SMILES string of the molecule is CNCC1CCCN(C(=O)C(C)Oc2cc(Cl)cc(Cl)c2)C1. The van der Waals surface area contributed by atoms with E-state index in [-0.39, 0.29) is 5.91 Å². The average Bonchev–Trinajstić information content (AvgIpc) is 2.46. The zero-order valence-corrected chi connectivity index (χ0v) is 14.5. The summed E-state index contributed by atoms with van der Waals surface area (Å²) in [6.45, 7) is 4.27. The highest BCUT2D eigenvalue weighted by Crippen LogP contribution is 2.25. The summed E-state index contributed by atoms with van der Waals surface area (Å²) in [5.74, 6) is 1.04. The predicted molar refractivity (Wildman–Crippen MR) is 89.8 cm³/mol. The Hall–Kier alpha value is -0.970. The molecule has 0 bridgehead atoms. The minimum Gasteiger partial charge on any atom is -0.481 e. The molecule has 1 amide bonds. The zero-order chi connectivity index (χ0) is 16.1. The van der Waals surface area contributed by atoms with Gasteiger partial charge in [0.2, 0.25) is 0 Å². The fourth-order valence-corrected chi connectivity index (χ4v) is 3.33. The van der Waals surface area contributed by atoms with Gasteiger partial charge in [-0.2, -0.15) is 0 Å². The van der Waals surface area contributed by atoms with E-state index in [1.165, 1.54) is 0 Å². The van der Waals surface area contributed by atoms with Crippen LogP contribution in [0, 0.1) is 5.92 Å². The van der Waals surface area contributed by atoms with Crippen molar-refractivity contribution in [3.05, 3.63) is 28.2 Å². The molecule has 1 N–H and O–H groups in total.